The molecule has 6 nitrogen and oxygen atoms in total. The lowest BCUT2D eigenvalue weighted by atomic mass is 9.77. The van der Waals surface area contributed by atoms with E-state index in [4.69, 9.17) is 19.7 Å². The minimum atomic E-state index is -0.413. The lowest BCUT2D eigenvalue weighted by Crippen LogP contribution is -2.44. The van der Waals surface area contributed by atoms with Crippen molar-refractivity contribution in [1.29, 1.82) is 0 Å². The van der Waals surface area contributed by atoms with Gasteiger partial charge in [0.25, 0.3) is 5.89 Å². The van der Waals surface area contributed by atoms with E-state index in [0.29, 0.717) is 11.7 Å². The van der Waals surface area contributed by atoms with Gasteiger partial charge >= 0.3 is 0 Å². The third kappa shape index (κ3) is 2.69. The summed E-state index contributed by atoms with van der Waals surface area (Å²) in [5.41, 5.74) is 6.64. The maximum Gasteiger partial charge on any atom is 0.250 e. The van der Waals surface area contributed by atoms with Gasteiger partial charge in [-0.25, -0.2) is 0 Å². The highest BCUT2D eigenvalue weighted by atomic mass is 16.5. The van der Waals surface area contributed by atoms with Gasteiger partial charge in [-0.15, -0.1) is 0 Å². The van der Waals surface area contributed by atoms with Gasteiger partial charge in [0.05, 0.1) is 19.8 Å². The maximum atomic E-state index is 6.18. The quantitative estimate of drug-likeness (QED) is 0.914. The smallest absolute Gasteiger partial charge is 0.250 e. The topological polar surface area (TPSA) is 83.4 Å². The van der Waals surface area contributed by atoms with Crippen molar-refractivity contribution in [3.05, 3.63) is 35.5 Å². The van der Waals surface area contributed by atoms with E-state index in [1.807, 2.05) is 24.3 Å². The van der Waals surface area contributed by atoms with Crippen LogP contribution >= 0.6 is 0 Å². The van der Waals surface area contributed by atoms with Crippen molar-refractivity contribution >= 4 is 12.2 Å². The van der Waals surface area contributed by atoms with E-state index in [1.54, 1.807) is 20.3 Å². The molecular weight excluding hydrogens is 282 g/mol. The summed E-state index contributed by atoms with van der Waals surface area (Å²) >= 11 is 0. The monoisotopic (exact) mass is 301 g/mol. The van der Waals surface area contributed by atoms with Gasteiger partial charge in [-0.2, -0.15) is 4.98 Å². The van der Waals surface area contributed by atoms with E-state index in [0.717, 1.165) is 36.3 Å². The van der Waals surface area contributed by atoms with Crippen molar-refractivity contribution in [1.82, 2.24) is 10.1 Å². The Morgan fingerprint density at radius 2 is 2.05 bits per heavy atom. The first-order chi connectivity index (χ1) is 10.6. The average molecular weight is 301 g/mol. The maximum absolute atomic E-state index is 6.18. The molecule has 0 aliphatic heterocycles. The first kappa shape index (κ1) is 14.6. The fraction of sp³-hybridized carbons (Fsp3) is 0.375. The van der Waals surface area contributed by atoms with Crippen LogP contribution in [0.1, 0.15) is 36.5 Å². The second-order valence-corrected chi connectivity index (χ2v) is 5.41. The Balaban J connectivity index is 1.82. The zero-order valence-electron chi connectivity index (χ0n) is 12.7. The molecular formula is C16H19N3O3. The van der Waals surface area contributed by atoms with Crippen LogP contribution in [0.15, 0.2) is 22.7 Å². The lowest BCUT2D eigenvalue weighted by Gasteiger charge is -2.34. The molecule has 1 aliphatic carbocycles. The Bertz CT molecular complexity index is 690. The van der Waals surface area contributed by atoms with Crippen LogP contribution in [-0.4, -0.2) is 24.4 Å². The summed E-state index contributed by atoms with van der Waals surface area (Å²) < 4.78 is 15.8. The highest BCUT2D eigenvalue weighted by Gasteiger charge is 2.38. The molecule has 0 unspecified atom stereocenters. The average Bonchev–Trinajstić information content (AvgIpc) is 2.99. The molecule has 0 atom stereocenters. The van der Waals surface area contributed by atoms with E-state index in [9.17, 15) is 0 Å². The predicted molar refractivity (Wildman–Crippen MR) is 82.5 cm³/mol. The molecule has 0 amide bonds. The van der Waals surface area contributed by atoms with Crippen LogP contribution < -0.4 is 15.2 Å². The van der Waals surface area contributed by atoms with Crippen LogP contribution in [0.2, 0.25) is 0 Å². The molecule has 1 fully saturated rings. The van der Waals surface area contributed by atoms with Crippen LogP contribution in [-0.2, 0) is 5.54 Å². The SMILES string of the molecule is COc1ccc(OC)c(/C=C/c2nc(C3(N)CCC3)no2)c1. The number of hydrogen-bond acceptors (Lipinski definition) is 6. The molecule has 0 saturated heterocycles. The number of benzene rings is 1. The number of aromatic nitrogens is 2. The third-order valence-electron chi connectivity index (χ3n) is 3.98. The Labute approximate surface area is 128 Å². The van der Waals surface area contributed by atoms with Gasteiger partial charge in [0.15, 0.2) is 5.82 Å². The number of nitrogens with zero attached hydrogens (tertiary/aromatic N) is 2. The summed E-state index contributed by atoms with van der Waals surface area (Å²) in [6.45, 7) is 0. The zero-order chi connectivity index (χ0) is 15.6. The van der Waals surface area contributed by atoms with Gasteiger partial charge in [0.1, 0.15) is 11.5 Å². The summed E-state index contributed by atoms with van der Waals surface area (Å²) in [6, 6.07) is 5.57. The van der Waals surface area contributed by atoms with Gasteiger partial charge in [-0.1, -0.05) is 5.16 Å². The van der Waals surface area contributed by atoms with Gasteiger partial charge in [-0.05, 0) is 43.5 Å². The van der Waals surface area contributed by atoms with Gasteiger partial charge in [-0.3, -0.25) is 0 Å². The summed E-state index contributed by atoms with van der Waals surface area (Å²) in [5, 5.41) is 3.98. The first-order valence-electron chi connectivity index (χ1n) is 7.18. The normalized spacial score (nSPS) is 16.5. The fourth-order valence-electron chi connectivity index (χ4n) is 2.42. The van der Waals surface area contributed by atoms with E-state index >= 15 is 0 Å². The summed E-state index contributed by atoms with van der Waals surface area (Å²) in [5.74, 6) is 2.50. The first-order valence-corrected chi connectivity index (χ1v) is 7.18. The minimum Gasteiger partial charge on any atom is -0.497 e. The fourth-order valence-corrected chi connectivity index (χ4v) is 2.42. The standard InChI is InChI=1S/C16H19N3O3/c1-20-12-5-6-13(21-2)11(10-12)4-7-14-18-15(19-22-14)16(17)8-3-9-16/h4-7,10H,3,8-9,17H2,1-2H3/b7-4+. The number of rotatable bonds is 5. The summed E-state index contributed by atoms with van der Waals surface area (Å²) in [6.07, 6.45) is 6.51. The molecule has 0 radical (unpaired) electrons. The molecule has 1 heterocycles. The van der Waals surface area contributed by atoms with Crippen molar-refractivity contribution in [2.45, 2.75) is 24.8 Å². The van der Waals surface area contributed by atoms with Crippen molar-refractivity contribution in [3.8, 4) is 11.5 Å². The van der Waals surface area contributed by atoms with Crippen LogP contribution in [0.4, 0.5) is 0 Å². The Morgan fingerprint density at radius 3 is 2.68 bits per heavy atom. The number of hydrogen-bond donors (Lipinski definition) is 1. The Morgan fingerprint density at radius 1 is 1.23 bits per heavy atom. The van der Waals surface area contributed by atoms with E-state index in [1.165, 1.54) is 0 Å². The number of ether oxygens (including phenoxy) is 2. The van der Waals surface area contributed by atoms with Crippen LogP contribution in [0.5, 0.6) is 11.5 Å². The molecule has 22 heavy (non-hydrogen) atoms. The van der Waals surface area contributed by atoms with E-state index in [-0.39, 0.29) is 0 Å². The van der Waals surface area contributed by atoms with E-state index in [2.05, 4.69) is 10.1 Å². The molecule has 2 N–H and O–H groups in total. The highest BCUT2D eigenvalue weighted by molar-refractivity contribution is 5.70. The van der Waals surface area contributed by atoms with Gasteiger partial charge in [0.2, 0.25) is 0 Å². The van der Waals surface area contributed by atoms with Crippen molar-refractivity contribution < 1.29 is 14.0 Å². The molecule has 2 aromatic rings. The predicted octanol–water partition coefficient (Wildman–Crippen LogP) is 2.60. The van der Waals surface area contributed by atoms with E-state index < -0.39 is 5.54 Å². The molecule has 3 rings (SSSR count). The second kappa shape index (κ2) is 5.81. The zero-order valence-corrected chi connectivity index (χ0v) is 12.7. The molecule has 116 valence electrons. The number of nitrogens with two attached hydrogens (primary N) is 1. The Kier molecular flexibility index (Phi) is 3.85. The lowest BCUT2D eigenvalue weighted by molar-refractivity contribution is 0.229. The van der Waals surface area contributed by atoms with Crippen LogP contribution in [0.3, 0.4) is 0 Å². The summed E-state index contributed by atoms with van der Waals surface area (Å²) in [7, 11) is 3.25. The van der Waals surface area contributed by atoms with Crippen molar-refractivity contribution in [3.63, 3.8) is 0 Å². The molecule has 0 bridgehead atoms. The third-order valence-corrected chi connectivity index (χ3v) is 3.98. The summed E-state index contributed by atoms with van der Waals surface area (Å²) in [4.78, 5) is 4.36. The highest BCUT2D eigenvalue weighted by Crippen LogP contribution is 2.37. The molecule has 1 aromatic heterocycles. The van der Waals surface area contributed by atoms with Crippen LogP contribution in [0.25, 0.3) is 12.2 Å². The molecule has 0 spiro atoms. The Hall–Kier alpha value is -2.34. The van der Waals surface area contributed by atoms with Crippen LogP contribution in [0, 0.1) is 0 Å². The molecule has 6 heteroatoms. The largest absolute Gasteiger partial charge is 0.497 e. The molecule has 1 saturated carbocycles. The van der Waals surface area contributed by atoms with Gasteiger partial charge < -0.3 is 19.7 Å². The second-order valence-electron chi connectivity index (χ2n) is 5.41. The van der Waals surface area contributed by atoms with Crippen molar-refractivity contribution in [2.24, 2.45) is 5.73 Å². The number of methoxy groups -OCH3 is 2. The minimum absolute atomic E-state index is 0.413. The molecule has 1 aliphatic rings. The van der Waals surface area contributed by atoms with Crippen molar-refractivity contribution in [2.75, 3.05) is 14.2 Å². The van der Waals surface area contributed by atoms with Gasteiger partial charge in [0, 0.05) is 11.6 Å². The molecule has 1 aromatic carbocycles.